The normalized spacial score (nSPS) is 13.0. The molecule has 0 aromatic heterocycles. The third kappa shape index (κ3) is 6.26. The molecule has 1 aromatic carbocycles. The Balaban J connectivity index is 1.64. The summed E-state index contributed by atoms with van der Waals surface area (Å²) in [7, 11) is 0. The van der Waals surface area contributed by atoms with Gasteiger partial charge in [-0.25, -0.2) is 0 Å². The predicted octanol–water partition coefficient (Wildman–Crippen LogP) is 2.97. The summed E-state index contributed by atoms with van der Waals surface area (Å²) in [5, 5.41) is 2.75. The quantitative estimate of drug-likeness (QED) is 0.586. The van der Waals surface area contributed by atoms with Crippen LogP contribution in [-0.4, -0.2) is 30.8 Å². The minimum absolute atomic E-state index is 0.193. The fourth-order valence-electron chi connectivity index (χ4n) is 2.52. The predicted molar refractivity (Wildman–Crippen MR) is 92.6 cm³/mol. The maximum Gasteiger partial charge on any atom is 0.316 e. The number of carbonyl (C=O) groups excluding carboxylic acids is 2. The SMILES string of the molecule is CC(C)CCNC(=O)COC(=O)CSc1ccc2c(c1)CCC2. The highest BCUT2D eigenvalue weighted by Gasteiger charge is 2.12. The van der Waals surface area contributed by atoms with Gasteiger partial charge in [0.2, 0.25) is 0 Å². The van der Waals surface area contributed by atoms with Gasteiger partial charge in [0.05, 0.1) is 5.75 Å². The molecular formula is C18H25NO3S. The van der Waals surface area contributed by atoms with Crippen LogP contribution in [0.15, 0.2) is 23.1 Å². The van der Waals surface area contributed by atoms with Gasteiger partial charge < -0.3 is 10.1 Å². The van der Waals surface area contributed by atoms with Crippen LogP contribution in [0.1, 0.15) is 37.8 Å². The zero-order valence-corrected chi connectivity index (χ0v) is 14.7. The van der Waals surface area contributed by atoms with E-state index in [0.717, 1.165) is 24.2 Å². The molecule has 126 valence electrons. The number of fused-ring (bicyclic) bond motifs is 1. The van der Waals surface area contributed by atoms with Gasteiger partial charge in [-0.1, -0.05) is 19.9 Å². The van der Waals surface area contributed by atoms with Crippen LogP contribution in [0.25, 0.3) is 0 Å². The second kappa shape index (κ2) is 8.96. The Morgan fingerprint density at radius 1 is 1.26 bits per heavy atom. The zero-order chi connectivity index (χ0) is 16.7. The highest BCUT2D eigenvalue weighted by molar-refractivity contribution is 8.00. The smallest absolute Gasteiger partial charge is 0.316 e. The van der Waals surface area contributed by atoms with Crippen molar-refractivity contribution in [2.24, 2.45) is 5.92 Å². The van der Waals surface area contributed by atoms with E-state index in [4.69, 9.17) is 4.74 Å². The Kier molecular flexibility index (Phi) is 6.96. The first-order chi connectivity index (χ1) is 11.0. The van der Waals surface area contributed by atoms with Gasteiger partial charge in [0.25, 0.3) is 5.91 Å². The molecule has 2 rings (SSSR count). The van der Waals surface area contributed by atoms with Crippen LogP contribution in [0.5, 0.6) is 0 Å². The van der Waals surface area contributed by atoms with Gasteiger partial charge >= 0.3 is 5.97 Å². The molecule has 0 aliphatic heterocycles. The Morgan fingerprint density at radius 3 is 2.83 bits per heavy atom. The van der Waals surface area contributed by atoms with E-state index in [0.29, 0.717) is 12.5 Å². The molecule has 1 aliphatic rings. The number of benzene rings is 1. The lowest BCUT2D eigenvalue weighted by Gasteiger charge is -2.08. The molecule has 4 nitrogen and oxygen atoms in total. The number of amides is 1. The standard InChI is InChI=1S/C18H25NO3S/c1-13(2)8-9-19-17(20)11-22-18(21)12-23-16-7-6-14-4-3-5-15(14)10-16/h6-7,10,13H,3-5,8-9,11-12H2,1-2H3,(H,19,20). The summed E-state index contributed by atoms with van der Waals surface area (Å²) in [6, 6.07) is 6.37. The Bertz CT molecular complexity index is 557. The molecule has 5 heteroatoms. The summed E-state index contributed by atoms with van der Waals surface area (Å²) in [5.74, 6) is 0.190. The van der Waals surface area contributed by atoms with Crippen LogP contribution in [-0.2, 0) is 27.2 Å². The lowest BCUT2D eigenvalue weighted by Crippen LogP contribution is -2.30. The molecular weight excluding hydrogens is 310 g/mol. The zero-order valence-electron chi connectivity index (χ0n) is 13.9. The number of esters is 1. The topological polar surface area (TPSA) is 55.4 Å². The van der Waals surface area contributed by atoms with Crippen LogP contribution < -0.4 is 5.32 Å². The third-order valence-corrected chi connectivity index (χ3v) is 4.80. The molecule has 0 bridgehead atoms. The van der Waals surface area contributed by atoms with Crippen molar-refractivity contribution in [3.8, 4) is 0 Å². The fourth-order valence-corrected chi connectivity index (χ4v) is 3.28. The van der Waals surface area contributed by atoms with Crippen LogP contribution in [0.2, 0.25) is 0 Å². The van der Waals surface area contributed by atoms with E-state index in [9.17, 15) is 9.59 Å². The van der Waals surface area contributed by atoms with E-state index in [1.165, 1.54) is 29.3 Å². The highest BCUT2D eigenvalue weighted by atomic mass is 32.2. The first-order valence-corrected chi connectivity index (χ1v) is 9.20. The van der Waals surface area contributed by atoms with Crippen LogP contribution in [0.3, 0.4) is 0 Å². The number of thioether (sulfide) groups is 1. The van der Waals surface area contributed by atoms with Crippen molar-refractivity contribution in [3.05, 3.63) is 29.3 Å². The molecule has 0 unspecified atom stereocenters. The summed E-state index contributed by atoms with van der Waals surface area (Å²) in [5.41, 5.74) is 2.82. The Labute approximate surface area is 142 Å². The molecule has 0 fully saturated rings. The highest BCUT2D eigenvalue weighted by Crippen LogP contribution is 2.27. The summed E-state index contributed by atoms with van der Waals surface area (Å²) >= 11 is 1.46. The Hall–Kier alpha value is -1.49. The first-order valence-electron chi connectivity index (χ1n) is 8.21. The van der Waals surface area contributed by atoms with Gasteiger partial charge in [-0.3, -0.25) is 9.59 Å². The van der Waals surface area contributed by atoms with E-state index >= 15 is 0 Å². The van der Waals surface area contributed by atoms with Gasteiger partial charge in [-0.2, -0.15) is 0 Å². The van der Waals surface area contributed by atoms with Crippen molar-refractivity contribution in [2.45, 2.75) is 44.4 Å². The maximum absolute atomic E-state index is 11.7. The van der Waals surface area contributed by atoms with Crippen LogP contribution in [0, 0.1) is 5.92 Å². The molecule has 1 amide bonds. The lowest BCUT2D eigenvalue weighted by molar-refractivity contribution is -0.145. The minimum Gasteiger partial charge on any atom is -0.455 e. The maximum atomic E-state index is 11.7. The number of ether oxygens (including phenoxy) is 1. The molecule has 0 saturated heterocycles. The number of rotatable bonds is 8. The van der Waals surface area contributed by atoms with Gasteiger partial charge in [0, 0.05) is 11.4 Å². The number of hydrogen-bond acceptors (Lipinski definition) is 4. The lowest BCUT2D eigenvalue weighted by atomic mass is 10.1. The number of aryl methyl sites for hydroxylation is 2. The summed E-state index contributed by atoms with van der Waals surface area (Å²) in [6.45, 7) is 4.63. The Morgan fingerprint density at radius 2 is 2.04 bits per heavy atom. The van der Waals surface area contributed by atoms with Crippen molar-refractivity contribution in [3.63, 3.8) is 0 Å². The molecule has 1 aliphatic carbocycles. The molecule has 0 saturated carbocycles. The number of carbonyl (C=O) groups is 2. The first kappa shape index (κ1) is 17.9. The van der Waals surface area contributed by atoms with E-state index in [-0.39, 0.29) is 24.2 Å². The fraction of sp³-hybridized carbons (Fsp3) is 0.556. The van der Waals surface area contributed by atoms with Crippen LogP contribution >= 0.6 is 11.8 Å². The number of nitrogens with one attached hydrogen (secondary N) is 1. The molecule has 0 heterocycles. The monoisotopic (exact) mass is 335 g/mol. The van der Waals surface area contributed by atoms with E-state index < -0.39 is 0 Å². The average molecular weight is 335 g/mol. The van der Waals surface area contributed by atoms with Gasteiger partial charge in [-0.15, -0.1) is 11.8 Å². The molecule has 0 radical (unpaired) electrons. The summed E-state index contributed by atoms with van der Waals surface area (Å²) < 4.78 is 5.00. The van der Waals surface area contributed by atoms with Gasteiger partial charge in [-0.05, 0) is 54.9 Å². The van der Waals surface area contributed by atoms with E-state index in [2.05, 4.69) is 37.4 Å². The third-order valence-electron chi connectivity index (χ3n) is 3.83. The largest absolute Gasteiger partial charge is 0.455 e. The van der Waals surface area contributed by atoms with Crippen molar-refractivity contribution in [1.29, 1.82) is 0 Å². The summed E-state index contributed by atoms with van der Waals surface area (Å²) in [6.07, 6.45) is 4.43. The summed E-state index contributed by atoms with van der Waals surface area (Å²) in [4.78, 5) is 24.3. The molecule has 0 atom stereocenters. The molecule has 1 N–H and O–H groups in total. The second-order valence-electron chi connectivity index (χ2n) is 6.27. The van der Waals surface area contributed by atoms with Gasteiger partial charge in [0.15, 0.2) is 6.61 Å². The van der Waals surface area contributed by atoms with E-state index in [1.807, 2.05) is 0 Å². The van der Waals surface area contributed by atoms with Crippen molar-refractivity contribution >= 4 is 23.6 Å². The average Bonchev–Trinajstić information content (AvgIpc) is 2.98. The molecule has 1 aromatic rings. The van der Waals surface area contributed by atoms with Crippen molar-refractivity contribution in [2.75, 3.05) is 18.9 Å². The molecule has 0 spiro atoms. The van der Waals surface area contributed by atoms with Gasteiger partial charge in [0.1, 0.15) is 0 Å². The minimum atomic E-state index is -0.352. The van der Waals surface area contributed by atoms with Crippen molar-refractivity contribution in [1.82, 2.24) is 5.32 Å². The van der Waals surface area contributed by atoms with Crippen LogP contribution in [0.4, 0.5) is 0 Å². The molecule has 23 heavy (non-hydrogen) atoms. The number of hydrogen-bond donors (Lipinski definition) is 1. The van der Waals surface area contributed by atoms with Crippen molar-refractivity contribution < 1.29 is 14.3 Å². The second-order valence-corrected chi connectivity index (χ2v) is 7.31. The van der Waals surface area contributed by atoms with E-state index in [1.54, 1.807) is 0 Å².